The van der Waals surface area contributed by atoms with Crippen LogP contribution in [0.1, 0.15) is 53.4 Å². The topological polar surface area (TPSA) is 20.2 Å². The summed E-state index contributed by atoms with van der Waals surface area (Å²) in [5.74, 6) is 1.04. The molecule has 0 aromatic carbocycles. The average molecular weight is 210 g/mol. The van der Waals surface area contributed by atoms with Gasteiger partial charge in [0.15, 0.2) is 0 Å². The summed E-state index contributed by atoms with van der Waals surface area (Å²) < 4.78 is 0. The standard InChI is InChI=1S/C14H26O/c1-6-11(4)14(5)8-7-12(10(2)3)13(15)9-14/h11-13,15H,2,6-9H2,1,3-5H3. The predicted octanol–water partition coefficient (Wildman–Crippen LogP) is 3.78. The minimum atomic E-state index is -0.171. The summed E-state index contributed by atoms with van der Waals surface area (Å²) in [6.07, 6.45) is 4.32. The van der Waals surface area contributed by atoms with Gasteiger partial charge in [-0.15, -0.1) is 0 Å². The maximum Gasteiger partial charge on any atom is 0.0610 e. The second-order valence-corrected chi connectivity index (χ2v) is 5.73. The molecule has 0 spiro atoms. The molecule has 88 valence electrons. The van der Waals surface area contributed by atoms with Crippen molar-refractivity contribution in [2.24, 2.45) is 17.3 Å². The van der Waals surface area contributed by atoms with Crippen molar-refractivity contribution >= 4 is 0 Å². The fourth-order valence-electron chi connectivity index (χ4n) is 2.91. The smallest absolute Gasteiger partial charge is 0.0610 e. The van der Waals surface area contributed by atoms with E-state index in [9.17, 15) is 5.11 Å². The molecule has 0 aromatic rings. The number of aliphatic hydroxyl groups excluding tert-OH is 1. The highest BCUT2D eigenvalue weighted by atomic mass is 16.3. The third-order valence-corrected chi connectivity index (χ3v) is 4.60. The van der Waals surface area contributed by atoms with Crippen molar-refractivity contribution in [3.63, 3.8) is 0 Å². The first-order valence-electron chi connectivity index (χ1n) is 6.24. The molecular formula is C14H26O. The molecule has 1 saturated carbocycles. The maximum absolute atomic E-state index is 10.2. The van der Waals surface area contributed by atoms with Gasteiger partial charge in [-0.2, -0.15) is 0 Å². The van der Waals surface area contributed by atoms with E-state index in [-0.39, 0.29) is 6.10 Å². The van der Waals surface area contributed by atoms with Crippen molar-refractivity contribution in [1.82, 2.24) is 0 Å². The van der Waals surface area contributed by atoms with E-state index >= 15 is 0 Å². The molecule has 0 saturated heterocycles. The van der Waals surface area contributed by atoms with Crippen LogP contribution in [0.5, 0.6) is 0 Å². The Balaban J connectivity index is 2.68. The van der Waals surface area contributed by atoms with E-state index in [1.165, 1.54) is 12.8 Å². The van der Waals surface area contributed by atoms with E-state index in [0.717, 1.165) is 18.4 Å². The van der Waals surface area contributed by atoms with Gasteiger partial charge in [-0.05, 0) is 37.5 Å². The van der Waals surface area contributed by atoms with Crippen LogP contribution in [-0.4, -0.2) is 11.2 Å². The number of rotatable bonds is 3. The van der Waals surface area contributed by atoms with Gasteiger partial charge in [0.2, 0.25) is 0 Å². The highest BCUT2D eigenvalue weighted by Crippen LogP contribution is 2.46. The molecule has 1 N–H and O–H groups in total. The van der Waals surface area contributed by atoms with Gasteiger partial charge in [-0.1, -0.05) is 39.3 Å². The molecule has 0 aromatic heterocycles. The number of hydrogen-bond acceptors (Lipinski definition) is 1. The zero-order valence-electron chi connectivity index (χ0n) is 10.7. The lowest BCUT2D eigenvalue weighted by molar-refractivity contribution is -0.00484. The fourth-order valence-corrected chi connectivity index (χ4v) is 2.91. The Morgan fingerprint density at radius 1 is 1.60 bits per heavy atom. The summed E-state index contributed by atoms with van der Waals surface area (Å²) in [6, 6.07) is 0. The van der Waals surface area contributed by atoms with Gasteiger partial charge in [0.25, 0.3) is 0 Å². The lowest BCUT2D eigenvalue weighted by Crippen LogP contribution is -2.39. The summed E-state index contributed by atoms with van der Waals surface area (Å²) in [4.78, 5) is 0. The van der Waals surface area contributed by atoms with Crippen LogP contribution in [0.2, 0.25) is 0 Å². The molecule has 1 heteroatoms. The maximum atomic E-state index is 10.2. The molecular weight excluding hydrogens is 184 g/mol. The first-order chi connectivity index (χ1) is 6.90. The van der Waals surface area contributed by atoms with Gasteiger partial charge in [-0.3, -0.25) is 0 Å². The van der Waals surface area contributed by atoms with E-state index in [2.05, 4.69) is 27.4 Å². The quantitative estimate of drug-likeness (QED) is 0.703. The van der Waals surface area contributed by atoms with Gasteiger partial charge in [0.05, 0.1) is 6.10 Å². The van der Waals surface area contributed by atoms with Gasteiger partial charge >= 0.3 is 0 Å². The Labute approximate surface area is 94.6 Å². The van der Waals surface area contributed by atoms with Crippen LogP contribution < -0.4 is 0 Å². The summed E-state index contributed by atoms with van der Waals surface area (Å²) in [6.45, 7) is 12.9. The Morgan fingerprint density at radius 2 is 2.20 bits per heavy atom. The van der Waals surface area contributed by atoms with Crippen LogP contribution in [0.3, 0.4) is 0 Å². The minimum Gasteiger partial charge on any atom is -0.392 e. The Bertz CT molecular complexity index is 233. The molecule has 1 fully saturated rings. The second-order valence-electron chi connectivity index (χ2n) is 5.73. The number of hydrogen-bond donors (Lipinski definition) is 1. The van der Waals surface area contributed by atoms with Crippen LogP contribution in [0.15, 0.2) is 12.2 Å². The largest absolute Gasteiger partial charge is 0.392 e. The first kappa shape index (κ1) is 12.8. The lowest BCUT2D eigenvalue weighted by Gasteiger charge is -2.44. The van der Waals surface area contributed by atoms with Crippen molar-refractivity contribution < 1.29 is 5.11 Å². The van der Waals surface area contributed by atoms with Gasteiger partial charge < -0.3 is 5.11 Å². The Hall–Kier alpha value is -0.300. The zero-order valence-corrected chi connectivity index (χ0v) is 10.7. The van der Waals surface area contributed by atoms with E-state index in [1.54, 1.807) is 0 Å². The first-order valence-corrected chi connectivity index (χ1v) is 6.24. The summed E-state index contributed by atoms with van der Waals surface area (Å²) in [5.41, 5.74) is 1.48. The zero-order chi connectivity index (χ0) is 11.6. The summed E-state index contributed by atoms with van der Waals surface area (Å²) in [5, 5.41) is 10.2. The molecule has 0 radical (unpaired) electrons. The van der Waals surface area contributed by atoms with Crippen LogP contribution in [-0.2, 0) is 0 Å². The average Bonchev–Trinajstić information content (AvgIpc) is 2.15. The molecule has 1 rings (SSSR count). The van der Waals surface area contributed by atoms with E-state index < -0.39 is 0 Å². The molecule has 0 amide bonds. The Kier molecular flexibility index (Phi) is 3.99. The van der Waals surface area contributed by atoms with Crippen LogP contribution >= 0.6 is 0 Å². The van der Waals surface area contributed by atoms with Crippen molar-refractivity contribution in [3.05, 3.63) is 12.2 Å². The van der Waals surface area contributed by atoms with Crippen molar-refractivity contribution in [3.8, 4) is 0 Å². The third kappa shape index (κ3) is 2.63. The summed E-state index contributed by atoms with van der Waals surface area (Å²) >= 11 is 0. The SMILES string of the molecule is C=C(C)C1CCC(C)(C(C)CC)CC1O. The van der Waals surface area contributed by atoms with E-state index in [1.807, 2.05) is 6.92 Å². The molecule has 0 bridgehead atoms. The minimum absolute atomic E-state index is 0.171. The van der Waals surface area contributed by atoms with E-state index in [0.29, 0.717) is 17.3 Å². The third-order valence-electron chi connectivity index (χ3n) is 4.60. The van der Waals surface area contributed by atoms with Crippen LogP contribution in [0.25, 0.3) is 0 Å². The van der Waals surface area contributed by atoms with Gasteiger partial charge in [0, 0.05) is 5.92 Å². The van der Waals surface area contributed by atoms with Crippen molar-refractivity contribution in [1.29, 1.82) is 0 Å². The predicted molar refractivity (Wildman–Crippen MR) is 65.7 cm³/mol. The molecule has 4 atom stereocenters. The Morgan fingerprint density at radius 3 is 2.60 bits per heavy atom. The second kappa shape index (κ2) is 4.69. The molecule has 1 nitrogen and oxygen atoms in total. The normalized spacial score (nSPS) is 38.7. The molecule has 0 aliphatic heterocycles. The van der Waals surface area contributed by atoms with Crippen LogP contribution in [0, 0.1) is 17.3 Å². The van der Waals surface area contributed by atoms with Crippen LogP contribution in [0.4, 0.5) is 0 Å². The molecule has 1 aliphatic carbocycles. The highest BCUT2D eigenvalue weighted by Gasteiger charge is 2.39. The number of aliphatic hydroxyl groups is 1. The van der Waals surface area contributed by atoms with Gasteiger partial charge in [-0.25, -0.2) is 0 Å². The van der Waals surface area contributed by atoms with Gasteiger partial charge in [0.1, 0.15) is 0 Å². The van der Waals surface area contributed by atoms with Crippen molar-refractivity contribution in [2.75, 3.05) is 0 Å². The lowest BCUT2D eigenvalue weighted by atomic mass is 9.63. The molecule has 1 aliphatic rings. The van der Waals surface area contributed by atoms with Crippen molar-refractivity contribution in [2.45, 2.75) is 59.5 Å². The molecule has 0 heterocycles. The fraction of sp³-hybridized carbons (Fsp3) is 0.857. The summed E-state index contributed by atoms with van der Waals surface area (Å²) in [7, 11) is 0. The monoisotopic (exact) mass is 210 g/mol. The highest BCUT2D eigenvalue weighted by molar-refractivity contribution is 5.04. The van der Waals surface area contributed by atoms with E-state index in [4.69, 9.17) is 0 Å². The molecule has 4 unspecified atom stereocenters. The molecule has 15 heavy (non-hydrogen) atoms.